The molecule has 2 heterocycles. The molecule has 1 fully saturated rings. The van der Waals surface area contributed by atoms with Crippen molar-refractivity contribution in [3.05, 3.63) is 35.2 Å². The number of rotatable bonds is 4. The van der Waals surface area contributed by atoms with Gasteiger partial charge in [0.1, 0.15) is 0 Å². The topological polar surface area (TPSA) is 68.2 Å². The van der Waals surface area contributed by atoms with Crippen LogP contribution < -0.4 is 5.73 Å². The average Bonchev–Trinajstić information content (AvgIpc) is 3.09. The van der Waals surface area contributed by atoms with E-state index in [0.717, 1.165) is 18.5 Å². The summed E-state index contributed by atoms with van der Waals surface area (Å²) in [7, 11) is 0. The first-order chi connectivity index (χ1) is 9.76. The zero-order chi connectivity index (χ0) is 13.9. The lowest BCUT2D eigenvalue weighted by atomic mass is 10.2. The summed E-state index contributed by atoms with van der Waals surface area (Å²) in [6.07, 6.45) is 2.33. The number of halogens is 1. The highest BCUT2D eigenvalue weighted by atomic mass is 35.5. The molecule has 0 radical (unpaired) electrons. The Morgan fingerprint density at radius 3 is 2.85 bits per heavy atom. The Bertz CT molecular complexity index is 569. The van der Waals surface area contributed by atoms with Crippen molar-refractivity contribution in [2.24, 2.45) is 5.73 Å². The van der Waals surface area contributed by atoms with Crippen LogP contribution in [0.2, 0.25) is 5.02 Å². The van der Waals surface area contributed by atoms with Crippen molar-refractivity contribution in [2.45, 2.75) is 25.4 Å². The summed E-state index contributed by atoms with van der Waals surface area (Å²) >= 11 is 5.86. The first-order valence-electron chi connectivity index (χ1n) is 6.78. The maximum atomic E-state index is 5.86. The quantitative estimate of drug-likeness (QED) is 0.936. The predicted molar refractivity (Wildman–Crippen MR) is 77.2 cm³/mol. The van der Waals surface area contributed by atoms with E-state index in [2.05, 4.69) is 15.1 Å². The average molecular weight is 293 g/mol. The van der Waals surface area contributed by atoms with Gasteiger partial charge in [0, 0.05) is 23.2 Å². The lowest BCUT2D eigenvalue weighted by Crippen LogP contribution is -2.34. The van der Waals surface area contributed by atoms with Crippen molar-refractivity contribution in [2.75, 3.05) is 13.1 Å². The monoisotopic (exact) mass is 292 g/mol. The number of nitrogens with zero attached hydrogens (tertiary/aromatic N) is 3. The third-order valence-corrected chi connectivity index (χ3v) is 3.92. The van der Waals surface area contributed by atoms with Gasteiger partial charge in [0.2, 0.25) is 11.8 Å². The number of likely N-dealkylation sites (tertiary alicyclic amines) is 1. The van der Waals surface area contributed by atoms with Gasteiger partial charge in [-0.3, -0.25) is 4.90 Å². The largest absolute Gasteiger partial charge is 0.419 e. The molecule has 0 aliphatic carbocycles. The molecule has 5 nitrogen and oxygen atoms in total. The van der Waals surface area contributed by atoms with Crippen LogP contribution in [0, 0.1) is 0 Å². The molecule has 2 N–H and O–H groups in total. The summed E-state index contributed by atoms with van der Waals surface area (Å²) in [5, 5.41) is 8.90. The summed E-state index contributed by atoms with van der Waals surface area (Å²) in [5.74, 6) is 1.16. The summed E-state index contributed by atoms with van der Waals surface area (Å²) in [6.45, 7) is 2.39. The molecular formula is C14H17ClN4O. The molecular weight excluding hydrogens is 276 g/mol. The second kappa shape index (κ2) is 5.91. The van der Waals surface area contributed by atoms with Gasteiger partial charge in [-0.1, -0.05) is 11.6 Å². The van der Waals surface area contributed by atoms with Crippen molar-refractivity contribution in [1.82, 2.24) is 15.1 Å². The lowest BCUT2D eigenvalue weighted by Gasteiger charge is -2.20. The minimum absolute atomic E-state index is 0.431. The normalized spacial score (nSPS) is 19.6. The molecule has 3 rings (SSSR count). The van der Waals surface area contributed by atoms with Crippen molar-refractivity contribution >= 4 is 11.6 Å². The Morgan fingerprint density at radius 1 is 1.30 bits per heavy atom. The first-order valence-corrected chi connectivity index (χ1v) is 7.16. The van der Waals surface area contributed by atoms with Crippen LogP contribution in [0.25, 0.3) is 11.5 Å². The van der Waals surface area contributed by atoms with E-state index < -0.39 is 0 Å². The molecule has 1 aromatic carbocycles. The van der Waals surface area contributed by atoms with E-state index in [1.807, 2.05) is 24.3 Å². The van der Waals surface area contributed by atoms with Crippen LogP contribution in [0.1, 0.15) is 18.7 Å². The van der Waals surface area contributed by atoms with Crippen LogP contribution in [0.4, 0.5) is 0 Å². The Morgan fingerprint density at radius 2 is 2.10 bits per heavy atom. The highest BCUT2D eigenvalue weighted by molar-refractivity contribution is 6.30. The fourth-order valence-corrected chi connectivity index (χ4v) is 2.70. The molecule has 0 amide bonds. The Hall–Kier alpha value is -1.43. The highest BCUT2D eigenvalue weighted by Gasteiger charge is 2.24. The van der Waals surface area contributed by atoms with Crippen molar-refractivity contribution in [3.8, 4) is 11.5 Å². The molecule has 6 heteroatoms. The van der Waals surface area contributed by atoms with Crippen LogP contribution in [0.3, 0.4) is 0 Å². The molecule has 0 spiro atoms. The molecule has 1 unspecified atom stereocenters. The number of nitrogens with two attached hydrogens (primary N) is 1. The van der Waals surface area contributed by atoms with E-state index in [1.54, 1.807) is 0 Å². The summed E-state index contributed by atoms with van der Waals surface area (Å²) in [6, 6.07) is 7.80. The van der Waals surface area contributed by atoms with Gasteiger partial charge in [-0.25, -0.2) is 0 Å². The molecule has 1 aliphatic rings. The van der Waals surface area contributed by atoms with Gasteiger partial charge >= 0.3 is 0 Å². The highest BCUT2D eigenvalue weighted by Crippen LogP contribution is 2.22. The van der Waals surface area contributed by atoms with Gasteiger partial charge in [0.25, 0.3) is 0 Å². The van der Waals surface area contributed by atoms with Gasteiger partial charge in [-0.15, -0.1) is 10.2 Å². The number of benzene rings is 1. The molecule has 1 aromatic heterocycles. The molecule has 1 saturated heterocycles. The fourth-order valence-electron chi connectivity index (χ4n) is 2.57. The van der Waals surface area contributed by atoms with Crippen LogP contribution in [-0.4, -0.2) is 34.2 Å². The summed E-state index contributed by atoms with van der Waals surface area (Å²) in [4.78, 5) is 2.30. The molecule has 1 atom stereocenters. The Labute approximate surface area is 122 Å². The first kappa shape index (κ1) is 13.5. The van der Waals surface area contributed by atoms with E-state index in [1.165, 1.54) is 6.42 Å². The minimum atomic E-state index is 0.431. The standard InChI is InChI=1S/C14H17ClN4O/c15-11-5-3-10(4-6-11)14-18-17-13(20-14)9-19-7-1-2-12(19)8-16/h3-6,12H,1-2,7-9,16H2. The maximum Gasteiger partial charge on any atom is 0.247 e. The van der Waals surface area contributed by atoms with E-state index in [0.29, 0.717) is 35.9 Å². The SMILES string of the molecule is NCC1CCCN1Cc1nnc(-c2ccc(Cl)cc2)o1. The molecule has 2 aromatic rings. The molecule has 0 bridgehead atoms. The van der Waals surface area contributed by atoms with E-state index >= 15 is 0 Å². The summed E-state index contributed by atoms with van der Waals surface area (Å²) < 4.78 is 5.72. The van der Waals surface area contributed by atoms with Gasteiger partial charge in [0.05, 0.1) is 6.54 Å². The summed E-state index contributed by atoms with van der Waals surface area (Å²) in [5.41, 5.74) is 6.65. The zero-order valence-corrected chi connectivity index (χ0v) is 11.9. The molecule has 0 saturated carbocycles. The predicted octanol–water partition coefficient (Wildman–Crippen LogP) is 2.31. The second-order valence-electron chi connectivity index (χ2n) is 5.01. The number of hydrogen-bond acceptors (Lipinski definition) is 5. The van der Waals surface area contributed by atoms with Crippen LogP contribution in [0.5, 0.6) is 0 Å². The van der Waals surface area contributed by atoms with Crippen LogP contribution >= 0.6 is 11.6 Å². The van der Waals surface area contributed by atoms with Gasteiger partial charge < -0.3 is 10.2 Å². The van der Waals surface area contributed by atoms with Crippen LogP contribution in [-0.2, 0) is 6.54 Å². The zero-order valence-electron chi connectivity index (χ0n) is 11.1. The second-order valence-corrected chi connectivity index (χ2v) is 5.45. The maximum absolute atomic E-state index is 5.86. The Balaban J connectivity index is 1.72. The van der Waals surface area contributed by atoms with Gasteiger partial charge in [-0.2, -0.15) is 0 Å². The Kier molecular flexibility index (Phi) is 4.00. The molecule has 20 heavy (non-hydrogen) atoms. The van der Waals surface area contributed by atoms with E-state index in [9.17, 15) is 0 Å². The smallest absolute Gasteiger partial charge is 0.247 e. The minimum Gasteiger partial charge on any atom is -0.419 e. The van der Waals surface area contributed by atoms with E-state index in [4.69, 9.17) is 21.8 Å². The number of aromatic nitrogens is 2. The van der Waals surface area contributed by atoms with Gasteiger partial charge in [0.15, 0.2) is 0 Å². The van der Waals surface area contributed by atoms with Crippen LogP contribution in [0.15, 0.2) is 28.7 Å². The van der Waals surface area contributed by atoms with E-state index in [-0.39, 0.29) is 0 Å². The molecule has 106 valence electrons. The molecule has 1 aliphatic heterocycles. The van der Waals surface area contributed by atoms with Gasteiger partial charge in [-0.05, 0) is 43.7 Å². The number of hydrogen-bond donors (Lipinski definition) is 1. The van der Waals surface area contributed by atoms with Crippen molar-refractivity contribution in [1.29, 1.82) is 0 Å². The van der Waals surface area contributed by atoms with Crippen molar-refractivity contribution < 1.29 is 4.42 Å². The lowest BCUT2D eigenvalue weighted by molar-refractivity contribution is 0.226. The fraction of sp³-hybridized carbons (Fsp3) is 0.429. The third kappa shape index (κ3) is 2.85. The van der Waals surface area contributed by atoms with Crippen molar-refractivity contribution in [3.63, 3.8) is 0 Å². The third-order valence-electron chi connectivity index (χ3n) is 3.67.